The Labute approximate surface area is 93.7 Å². The molecule has 0 unspecified atom stereocenters. The van der Waals surface area contributed by atoms with E-state index >= 15 is 0 Å². The maximum atomic E-state index is 5.94. The molecule has 0 aliphatic carbocycles. The van der Waals surface area contributed by atoms with Crippen molar-refractivity contribution in [3.8, 4) is 5.69 Å². The molecule has 0 aliphatic rings. The average Bonchev–Trinajstić information content (AvgIpc) is 2.66. The molecule has 78 valence electrons. The summed E-state index contributed by atoms with van der Waals surface area (Å²) in [7, 11) is 1.91. The third-order valence-electron chi connectivity index (χ3n) is 2.16. The quantitative estimate of drug-likeness (QED) is 0.862. The van der Waals surface area contributed by atoms with E-state index in [1.165, 1.54) is 0 Å². The van der Waals surface area contributed by atoms with Crippen molar-refractivity contribution in [2.75, 3.05) is 7.05 Å². The molecular formula is C11H12ClN3. The summed E-state index contributed by atoms with van der Waals surface area (Å²) in [6.45, 7) is 0.784. The Hall–Kier alpha value is -1.32. The zero-order valence-corrected chi connectivity index (χ0v) is 9.20. The largest absolute Gasteiger partial charge is 0.314 e. The van der Waals surface area contributed by atoms with Crippen LogP contribution in [-0.2, 0) is 6.54 Å². The van der Waals surface area contributed by atoms with Crippen molar-refractivity contribution in [3.05, 3.63) is 47.5 Å². The molecule has 15 heavy (non-hydrogen) atoms. The molecule has 1 N–H and O–H groups in total. The Bertz CT molecular complexity index is 451. The Morgan fingerprint density at radius 1 is 1.47 bits per heavy atom. The SMILES string of the molecule is CNCc1cncn1-c1cccc(Cl)c1. The van der Waals surface area contributed by atoms with Crippen molar-refractivity contribution in [1.29, 1.82) is 0 Å². The zero-order chi connectivity index (χ0) is 10.7. The van der Waals surface area contributed by atoms with Gasteiger partial charge in [-0.1, -0.05) is 17.7 Å². The van der Waals surface area contributed by atoms with Gasteiger partial charge >= 0.3 is 0 Å². The van der Waals surface area contributed by atoms with Crippen molar-refractivity contribution in [2.24, 2.45) is 0 Å². The molecule has 0 aliphatic heterocycles. The molecule has 4 heteroatoms. The fourth-order valence-electron chi connectivity index (χ4n) is 1.49. The van der Waals surface area contributed by atoms with E-state index in [4.69, 9.17) is 11.6 Å². The number of nitrogens with one attached hydrogen (secondary N) is 1. The molecular weight excluding hydrogens is 210 g/mol. The van der Waals surface area contributed by atoms with Gasteiger partial charge in [-0.15, -0.1) is 0 Å². The summed E-state index contributed by atoms with van der Waals surface area (Å²) in [4.78, 5) is 4.13. The molecule has 2 aromatic rings. The van der Waals surface area contributed by atoms with Gasteiger partial charge in [0.25, 0.3) is 0 Å². The second-order valence-corrected chi connectivity index (χ2v) is 3.70. The second-order valence-electron chi connectivity index (χ2n) is 3.27. The van der Waals surface area contributed by atoms with Gasteiger partial charge in [0.1, 0.15) is 0 Å². The molecule has 2 rings (SSSR count). The van der Waals surface area contributed by atoms with Crippen molar-refractivity contribution in [3.63, 3.8) is 0 Å². The summed E-state index contributed by atoms with van der Waals surface area (Å²) in [5, 5.41) is 3.83. The van der Waals surface area contributed by atoms with Gasteiger partial charge in [-0.2, -0.15) is 0 Å². The van der Waals surface area contributed by atoms with Gasteiger partial charge in [0.2, 0.25) is 0 Å². The number of hydrogen-bond donors (Lipinski definition) is 1. The van der Waals surface area contributed by atoms with Crippen LogP contribution in [0.2, 0.25) is 5.02 Å². The predicted molar refractivity (Wildman–Crippen MR) is 61.3 cm³/mol. The van der Waals surface area contributed by atoms with Crippen LogP contribution < -0.4 is 5.32 Å². The minimum atomic E-state index is 0.733. The lowest BCUT2D eigenvalue weighted by Crippen LogP contribution is -2.09. The molecule has 0 spiro atoms. The van der Waals surface area contributed by atoms with Crippen LogP contribution in [0.3, 0.4) is 0 Å². The Balaban J connectivity index is 2.40. The van der Waals surface area contributed by atoms with Crippen LogP contribution in [0.25, 0.3) is 5.69 Å². The standard InChI is InChI=1S/C11H12ClN3/c1-13-6-11-7-14-8-15(11)10-4-2-3-9(12)5-10/h2-5,7-8,13H,6H2,1H3. The lowest BCUT2D eigenvalue weighted by molar-refractivity contribution is 0.768. The molecule has 0 bridgehead atoms. The summed E-state index contributed by atoms with van der Waals surface area (Å²) < 4.78 is 2.02. The summed E-state index contributed by atoms with van der Waals surface area (Å²) in [5.41, 5.74) is 2.14. The molecule has 3 nitrogen and oxygen atoms in total. The van der Waals surface area contributed by atoms with E-state index in [-0.39, 0.29) is 0 Å². The fraction of sp³-hybridized carbons (Fsp3) is 0.182. The molecule has 0 saturated carbocycles. The van der Waals surface area contributed by atoms with Gasteiger partial charge in [-0.05, 0) is 25.2 Å². The third-order valence-corrected chi connectivity index (χ3v) is 2.39. The van der Waals surface area contributed by atoms with Gasteiger partial charge in [-0.25, -0.2) is 4.98 Å². The van der Waals surface area contributed by atoms with Crippen molar-refractivity contribution >= 4 is 11.6 Å². The molecule has 0 radical (unpaired) electrons. The number of halogens is 1. The maximum absolute atomic E-state index is 5.94. The highest BCUT2D eigenvalue weighted by molar-refractivity contribution is 6.30. The number of aromatic nitrogens is 2. The minimum Gasteiger partial charge on any atom is -0.314 e. The van der Waals surface area contributed by atoms with Crippen LogP contribution in [0.4, 0.5) is 0 Å². The first-order valence-electron chi connectivity index (χ1n) is 4.73. The van der Waals surface area contributed by atoms with E-state index in [0.717, 1.165) is 22.9 Å². The molecule has 0 atom stereocenters. The molecule has 1 aromatic carbocycles. The monoisotopic (exact) mass is 221 g/mol. The first-order chi connectivity index (χ1) is 7.31. The number of hydrogen-bond acceptors (Lipinski definition) is 2. The number of nitrogens with zero attached hydrogens (tertiary/aromatic N) is 2. The Morgan fingerprint density at radius 3 is 3.07 bits per heavy atom. The normalized spacial score (nSPS) is 10.5. The van der Waals surface area contributed by atoms with E-state index in [2.05, 4.69) is 10.3 Å². The highest BCUT2D eigenvalue weighted by Crippen LogP contribution is 2.16. The van der Waals surface area contributed by atoms with Crippen LogP contribution in [0, 0.1) is 0 Å². The number of benzene rings is 1. The molecule has 1 aromatic heterocycles. The van der Waals surface area contributed by atoms with Crippen LogP contribution in [0.5, 0.6) is 0 Å². The summed E-state index contributed by atoms with van der Waals surface area (Å²) in [5.74, 6) is 0. The lowest BCUT2D eigenvalue weighted by Gasteiger charge is -2.07. The lowest BCUT2D eigenvalue weighted by atomic mass is 10.3. The predicted octanol–water partition coefficient (Wildman–Crippen LogP) is 2.25. The molecule has 0 fully saturated rings. The van der Waals surface area contributed by atoms with E-state index < -0.39 is 0 Å². The fourth-order valence-corrected chi connectivity index (χ4v) is 1.68. The Morgan fingerprint density at radius 2 is 2.33 bits per heavy atom. The van der Waals surface area contributed by atoms with Crippen LogP contribution in [-0.4, -0.2) is 16.6 Å². The highest BCUT2D eigenvalue weighted by atomic mass is 35.5. The van der Waals surface area contributed by atoms with Gasteiger partial charge < -0.3 is 9.88 Å². The first-order valence-corrected chi connectivity index (χ1v) is 5.11. The van der Waals surface area contributed by atoms with Gasteiger partial charge in [0.05, 0.1) is 12.0 Å². The number of rotatable bonds is 3. The van der Waals surface area contributed by atoms with Gasteiger partial charge in [0, 0.05) is 23.5 Å². The van der Waals surface area contributed by atoms with Crippen LogP contribution >= 0.6 is 11.6 Å². The third kappa shape index (κ3) is 2.19. The number of imidazole rings is 1. The maximum Gasteiger partial charge on any atom is 0.0994 e. The summed E-state index contributed by atoms with van der Waals surface area (Å²) >= 11 is 5.94. The van der Waals surface area contributed by atoms with Gasteiger partial charge in [-0.3, -0.25) is 0 Å². The highest BCUT2D eigenvalue weighted by Gasteiger charge is 2.03. The smallest absolute Gasteiger partial charge is 0.0994 e. The van der Waals surface area contributed by atoms with E-state index in [9.17, 15) is 0 Å². The average molecular weight is 222 g/mol. The molecule has 0 saturated heterocycles. The summed E-state index contributed by atoms with van der Waals surface area (Å²) in [6, 6.07) is 7.72. The molecule has 0 amide bonds. The first kappa shape index (κ1) is 10.2. The summed E-state index contributed by atoms with van der Waals surface area (Å²) in [6.07, 6.45) is 3.63. The second kappa shape index (κ2) is 4.47. The van der Waals surface area contributed by atoms with Crippen molar-refractivity contribution < 1.29 is 0 Å². The van der Waals surface area contributed by atoms with Crippen molar-refractivity contribution in [1.82, 2.24) is 14.9 Å². The van der Waals surface area contributed by atoms with Crippen molar-refractivity contribution in [2.45, 2.75) is 6.54 Å². The van der Waals surface area contributed by atoms with Crippen LogP contribution in [0.1, 0.15) is 5.69 Å². The van der Waals surface area contributed by atoms with Gasteiger partial charge in [0.15, 0.2) is 0 Å². The van der Waals surface area contributed by atoms with E-state index in [0.29, 0.717) is 0 Å². The van der Waals surface area contributed by atoms with E-state index in [1.54, 1.807) is 6.33 Å². The minimum absolute atomic E-state index is 0.733. The molecule has 1 heterocycles. The van der Waals surface area contributed by atoms with Crippen LogP contribution in [0.15, 0.2) is 36.8 Å². The Kier molecular flexibility index (Phi) is 3.04. The van der Waals surface area contributed by atoms with E-state index in [1.807, 2.05) is 42.1 Å². The topological polar surface area (TPSA) is 29.9 Å². The zero-order valence-electron chi connectivity index (χ0n) is 8.44.